The van der Waals surface area contributed by atoms with Crippen LogP contribution in [0, 0.1) is 0 Å². The zero-order chi connectivity index (χ0) is 20.7. The summed E-state index contributed by atoms with van der Waals surface area (Å²) in [5.74, 6) is -0.502. The van der Waals surface area contributed by atoms with Crippen molar-refractivity contribution in [1.82, 2.24) is 16.2 Å². The van der Waals surface area contributed by atoms with E-state index in [1.54, 1.807) is 6.08 Å². The van der Waals surface area contributed by atoms with Gasteiger partial charge in [-0.3, -0.25) is 20.4 Å². The fraction of sp³-hybridized carbons (Fsp3) is 0.0588. The molecule has 0 aliphatic heterocycles. The molecule has 0 atom stereocenters. The van der Waals surface area contributed by atoms with E-state index in [2.05, 4.69) is 27.5 Å². The number of nitrogens with one attached hydrogen (secondary N) is 4. The average molecular weight is 459 g/mol. The molecule has 0 unspecified atom stereocenters. The summed E-state index contributed by atoms with van der Waals surface area (Å²) in [5, 5.41) is 3.36. The van der Waals surface area contributed by atoms with Crippen molar-refractivity contribution < 1.29 is 13.2 Å². The molecule has 11 heteroatoms. The highest BCUT2D eigenvalue weighted by Crippen LogP contribution is 2.26. The molecule has 2 aromatic rings. The molecule has 0 aliphatic carbocycles. The number of benzene rings is 2. The molecule has 2 aromatic carbocycles. The molecule has 0 bridgehead atoms. The van der Waals surface area contributed by atoms with Gasteiger partial charge in [0.05, 0.1) is 14.9 Å². The lowest BCUT2D eigenvalue weighted by molar-refractivity contribution is 0.0943. The summed E-state index contributed by atoms with van der Waals surface area (Å²) in [4.78, 5) is 12.1. The second-order valence-electron chi connectivity index (χ2n) is 5.34. The second kappa shape index (κ2) is 9.74. The second-order valence-corrected chi connectivity index (χ2v) is 8.25. The Balaban J connectivity index is 2.09. The number of carbonyl (C=O) groups excluding carboxylic acids is 1. The van der Waals surface area contributed by atoms with Gasteiger partial charge in [-0.2, -0.15) is 0 Å². The Kier molecular flexibility index (Phi) is 7.64. The third-order valence-electron chi connectivity index (χ3n) is 3.27. The number of hydrogen-bond acceptors (Lipinski definition) is 4. The van der Waals surface area contributed by atoms with Crippen molar-refractivity contribution in [3.8, 4) is 0 Å². The maximum absolute atomic E-state index is 12.5. The molecule has 0 fully saturated rings. The Morgan fingerprint density at radius 2 is 1.86 bits per heavy atom. The fourth-order valence-electron chi connectivity index (χ4n) is 1.98. The smallest absolute Gasteiger partial charge is 0.269 e. The van der Waals surface area contributed by atoms with Gasteiger partial charge >= 0.3 is 0 Å². The summed E-state index contributed by atoms with van der Waals surface area (Å²) in [7, 11) is -3.91. The number of hydrazine groups is 1. The van der Waals surface area contributed by atoms with Gasteiger partial charge in [0.2, 0.25) is 0 Å². The van der Waals surface area contributed by atoms with Crippen LogP contribution in [0.4, 0.5) is 5.69 Å². The van der Waals surface area contributed by atoms with Gasteiger partial charge in [0.15, 0.2) is 5.11 Å². The molecule has 2 rings (SSSR count). The molecule has 0 aromatic heterocycles. The average Bonchev–Trinajstić information content (AvgIpc) is 2.66. The van der Waals surface area contributed by atoms with Crippen molar-refractivity contribution in [2.24, 2.45) is 0 Å². The predicted molar refractivity (Wildman–Crippen MR) is 115 cm³/mol. The molecule has 7 nitrogen and oxygen atoms in total. The number of halogens is 2. The lowest BCUT2D eigenvalue weighted by atomic mass is 10.2. The third kappa shape index (κ3) is 6.10. The monoisotopic (exact) mass is 458 g/mol. The van der Waals surface area contributed by atoms with Crippen LogP contribution in [-0.2, 0) is 10.0 Å². The third-order valence-corrected chi connectivity index (χ3v) is 5.64. The van der Waals surface area contributed by atoms with E-state index in [0.29, 0.717) is 6.54 Å². The largest absolute Gasteiger partial charge is 0.358 e. The number of amides is 1. The van der Waals surface area contributed by atoms with Crippen LogP contribution < -0.4 is 20.9 Å². The van der Waals surface area contributed by atoms with Gasteiger partial charge in [0, 0.05) is 17.8 Å². The maximum Gasteiger partial charge on any atom is 0.269 e. The Bertz CT molecular complexity index is 1010. The van der Waals surface area contributed by atoms with Crippen molar-refractivity contribution in [2.75, 3.05) is 11.3 Å². The van der Waals surface area contributed by atoms with Crippen LogP contribution in [0.5, 0.6) is 0 Å². The Morgan fingerprint density at radius 3 is 2.54 bits per heavy atom. The molecule has 1 amide bonds. The molecule has 0 heterocycles. The molecule has 0 saturated heterocycles. The molecule has 0 radical (unpaired) electrons. The van der Waals surface area contributed by atoms with E-state index in [9.17, 15) is 13.2 Å². The number of anilines is 1. The Morgan fingerprint density at radius 1 is 1.11 bits per heavy atom. The van der Waals surface area contributed by atoms with Gasteiger partial charge < -0.3 is 5.32 Å². The zero-order valence-corrected chi connectivity index (χ0v) is 17.5. The summed E-state index contributed by atoms with van der Waals surface area (Å²) in [6.07, 6.45) is 1.61. The van der Waals surface area contributed by atoms with Crippen LogP contribution in [0.15, 0.2) is 60.0 Å². The zero-order valence-electron chi connectivity index (χ0n) is 14.3. The SMILES string of the molecule is C=CCNC(=S)NNC(=O)c1cccc(NS(=O)(=O)c2ccc(Cl)c(Cl)c2)c1. The molecule has 0 spiro atoms. The number of carbonyl (C=O) groups is 1. The Labute approximate surface area is 178 Å². The fourth-order valence-corrected chi connectivity index (χ4v) is 3.55. The summed E-state index contributed by atoms with van der Waals surface area (Å²) < 4.78 is 27.4. The molecule has 0 saturated carbocycles. The topological polar surface area (TPSA) is 99.3 Å². The minimum Gasteiger partial charge on any atom is -0.358 e. The van der Waals surface area contributed by atoms with E-state index in [-0.39, 0.29) is 31.3 Å². The number of sulfonamides is 1. The van der Waals surface area contributed by atoms with E-state index in [0.717, 1.165) is 0 Å². The first-order chi connectivity index (χ1) is 13.2. The van der Waals surface area contributed by atoms with E-state index >= 15 is 0 Å². The molecular weight excluding hydrogens is 443 g/mol. The van der Waals surface area contributed by atoms with Gasteiger partial charge in [0.25, 0.3) is 15.9 Å². The quantitative estimate of drug-likeness (QED) is 0.301. The predicted octanol–water partition coefficient (Wildman–Crippen LogP) is 3.09. The van der Waals surface area contributed by atoms with Crippen molar-refractivity contribution in [2.45, 2.75) is 4.90 Å². The van der Waals surface area contributed by atoms with E-state index < -0.39 is 15.9 Å². The summed E-state index contributed by atoms with van der Waals surface area (Å²) in [5.41, 5.74) is 5.35. The lowest BCUT2D eigenvalue weighted by Crippen LogP contribution is -2.46. The normalized spacial score (nSPS) is 10.6. The van der Waals surface area contributed by atoms with E-state index in [1.807, 2.05) is 0 Å². The first kappa shape index (κ1) is 22.0. The number of thiocarbonyl (C=S) groups is 1. The van der Waals surface area contributed by atoms with Gasteiger partial charge in [0.1, 0.15) is 0 Å². The molecule has 4 N–H and O–H groups in total. The maximum atomic E-state index is 12.5. The standard InChI is InChI=1S/C17H16Cl2N4O3S2/c1-2-8-20-17(27)22-21-16(24)11-4-3-5-12(9-11)23-28(25,26)13-6-7-14(18)15(19)10-13/h2-7,9-10,23H,1,8H2,(H,21,24)(H2,20,22,27). The minimum atomic E-state index is -3.91. The number of hydrogen-bond donors (Lipinski definition) is 4. The van der Waals surface area contributed by atoms with Gasteiger partial charge in [-0.1, -0.05) is 35.3 Å². The first-order valence-corrected chi connectivity index (χ1v) is 10.4. The minimum absolute atomic E-state index is 0.0583. The summed E-state index contributed by atoms with van der Waals surface area (Å²) in [6.45, 7) is 3.98. The summed E-state index contributed by atoms with van der Waals surface area (Å²) >= 11 is 16.6. The highest BCUT2D eigenvalue weighted by molar-refractivity contribution is 7.92. The molecule has 148 valence electrons. The van der Waals surface area contributed by atoms with Crippen LogP contribution >= 0.6 is 35.4 Å². The van der Waals surface area contributed by atoms with Gasteiger partial charge in [-0.05, 0) is 48.6 Å². The molecular formula is C17H16Cl2N4O3S2. The van der Waals surface area contributed by atoms with Crippen molar-refractivity contribution >= 4 is 62.2 Å². The van der Waals surface area contributed by atoms with Crippen molar-refractivity contribution in [3.05, 3.63) is 70.7 Å². The van der Waals surface area contributed by atoms with Crippen LogP contribution in [0.2, 0.25) is 10.0 Å². The van der Waals surface area contributed by atoms with E-state index in [4.69, 9.17) is 35.4 Å². The summed E-state index contributed by atoms with van der Waals surface area (Å²) in [6, 6.07) is 9.90. The van der Waals surface area contributed by atoms with Crippen molar-refractivity contribution in [1.29, 1.82) is 0 Å². The van der Waals surface area contributed by atoms with Crippen molar-refractivity contribution in [3.63, 3.8) is 0 Å². The van der Waals surface area contributed by atoms with E-state index in [1.165, 1.54) is 42.5 Å². The van der Waals surface area contributed by atoms with Crippen LogP contribution in [0.25, 0.3) is 0 Å². The highest BCUT2D eigenvalue weighted by Gasteiger charge is 2.16. The molecule has 0 aliphatic rings. The highest BCUT2D eigenvalue weighted by atomic mass is 35.5. The van der Waals surface area contributed by atoms with Gasteiger partial charge in [-0.25, -0.2) is 8.42 Å². The Hall–Kier alpha value is -2.33. The van der Waals surface area contributed by atoms with Crippen LogP contribution in [-0.4, -0.2) is 26.0 Å². The molecule has 28 heavy (non-hydrogen) atoms. The number of rotatable bonds is 6. The van der Waals surface area contributed by atoms with Gasteiger partial charge in [-0.15, -0.1) is 6.58 Å². The lowest BCUT2D eigenvalue weighted by Gasteiger charge is -2.12. The first-order valence-electron chi connectivity index (χ1n) is 7.76. The van der Waals surface area contributed by atoms with Crippen LogP contribution in [0.3, 0.4) is 0 Å². The van der Waals surface area contributed by atoms with Crippen LogP contribution in [0.1, 0.15) is 10.4 Å².